The molecule has 0 aromatic heterocycles. The average molecular weight is 235 g/mol. The summed E-state index contributed by atoms with van der Waals surface area (Å²) in [7, 11) is 0. The van der Waals surface area contributed by atoms with Crippen LogP contribution in [0.1, 0.15) is 59.3 Å². The van der Waals surface area contributed by atoms with Crippen LogP contribution in [0.15, 0.2) is 0 Å². The molecule has 0 fully saturated rings. The molecule has 0 N–H and O–H groups in total. The second-order valence-electron chi connectivity index (χ2n) is 2.56. The maximum atomic E-state index is 8.25. The summed E-state index contributed by atoms with van der Waals surface area (Å²) in [5.41, 5.74) is 0. The Hall–Kier alpha value is 0.514. The Morgan fingerprint density at radius 3 is 0.786 bits per heavy atom. The van der Waals surface area contributed by atoms with E-state index < -0.39 is 0 Å². The topological polar surface area (TPSA) is 17.1 Å². The van der Waals surface area contributed by atoms with Crippen LogP contribution in [0, 0.1) is 20.8 Å². The molecule has 0 aliphatic rings. The van der Waals surface area contributed by atoms with Crippen LogP contribution in [0.5, 0.6) is 0 Å². The van der Waals surface area contributed by atoms with Gasteiger partial charge in [-0.15, -0.1) is 0 Å². The Morgan fingerprint density at radius 1 is 0.714 bits per heavy atom. The normalized spacial score (nSPS) is 6.64. The standard InChI is InChI=1S/3C4H9.O.Ti/c3*1-3-4-2;;/h3*1,3-4H2,2H3;;/q3*-1;;. The molecule has 14 heavy (non-hydrogen) atoms. The van der Waals surface area contributed by atoms with Crippen molar-refractivity contribution in [3.05, 3.63) is 20.8 Å². The minimum absolute atomic E-state index is 0.750. The van der Waals surface area contributed by atoms with E-state index in [9.17, 15) is 0 Å². The van der Waals surface area contributed by atoms with E-state index in [1.165, 1.54) is 19.3 Å². The third-order valence-electron chi connectivity index (χ3n) is 1.06. The zero-order valence-corrected chi connectivity index (χ0v) is 11.8. The quantitative estimate of drug-likeness (QED) is 0.510. The van der Waals surface area contributed by atoms with E-state index in [1.54, 1.807) is 0 Å². The number of hydrogen-bond acceptors (Lipinski definition) is 1. The van der Waals surface area contributed by atoms with E-state index in [2.05, 4.69) is 41.5 Å². The van der Waals surface area contributed by atoms with Crippen molar-refractivity contribution < 1.29 is 23.7 Å². The molecule has 2 heteroatoms. The Bertz CT molecular complexity index is 34.1. The first-order valence-electron chi connectivity index (χ1n) is 5.33. The molecule has 0 saturated carbocycles. The fourth-order valence-corrected chi connectivity index (χ4v) is 0. The van der Waals surface area contributed by atoms with Crippen LogP contribution >= 0.6 is 0 Å². The first kappa shape index (κ1) is 24.0. The molecule has 0 atom stereocenters. The predicted molar refractivity (Wildman–Crippen MR) is 61.5 cm³/mol. The van der Waals surface area contributed by atoms with Gasteiger partial charge in [0.25, 0.3) is 0 Å². The van der Waals surface area contributed by atoms with Crippen molar-refractivity contribution >= 4 is 0 Å². The zero-order chi connectivity index (χ0) is 12.2. The van der Waals surface area contributed by atoms with Crippen LogP contribution in [0.25, 0.3) is 0 Å². The molecule has 0 unspecified atom stereocenters. The van der Waals surface area contributed by atoms with Crippen molar-refractivity contribution in [2.45, 2.75) is 59.3 Å². The number of unbranched alkanes of at least 4 members (excludes halogenated alkanes) is 3. The van der Waals surface area contributed by atoms with Crippen molar-refractivity contribution in [3.63, 3.8) is 0 Å². The predicted octanol–water partition coefficient (Wildman–Crippen LogP) is 4.74. The minimum atomic E-state index is 0.750. The van der Waals surface area contributed by atoms with E-state index in [0.717, 1.165) is 39.7 Å². The summed E-state index contributed by atoms with van der Waals surface area (Å²) in [6.07, 6.45) is 6.83. The Labute approximate surface area is 104 Å². The van der Waals surface area contributed by atoms with Gasteiger partial charge < -0.3 is 20.8 Å². The van der Waals surface area contributed by atoms with Crippen molar-refractivity contribution in [1.29, 1.82) is 0 Å². The van der Waals surface area contributed by atoms with Gasteiger partial charge in [-0.05, 0) is 0 Å². The number of rotatable bonds is 3. The molecule has 0 bridgehead atoms. The average Bonchev–Trinajstić information content (AvgIpc) is 2.31. The van der Waals surface area contributed by atoms with Gasteiger partial charge in [-0.1, -0.05) is 40.0 Å². The molecule has 0 amide bonds. The van der Waals surface area contributed by atoms with Gasteiger partial charge in [0.2, 0.25) is 0 Å². The molecule has 88 valence electrons. The molecular weight excluding hydrogens is 208 g/mol. The molecule has 0 aliphatic carbocycles. The Balaban J connectivity index is -0.0000000492. The van der Waals surface area contributed by atoms with Gasteiger partial charge in [-0.3, -0.25) is 0 Å². The SMILES string of the molecule is [CH2-]CCC.[CH2-]CCC.[CH2-]CCC.[O]=[Ti]. The fourth-order valence-electron chi connectivity index (χ4n) is 0. The second-order valence-corrected chi connectivity index (χ2v) is 2.56. The van der Waals surface area contributed by atoms with Gasteiger partial charge in [0, 0.05) is 0 Å². The van der Waals surface area contributed by atoms with Crippen molar-refractivity contribution in [2.75, 3.05) is 0 Å². The third kappa shape index (κ3) is 134. The summed E-state index contributed by atoms with van der Waals surface area (Å²) < 4.78 is 8.25. The molecule has 0 radical (unpaired) electrons. The molecule has 0 aliphatic heterocycles. The van der Waals surface area contributed by atoms with E-state index in [4.69, 9.17) is 3.32 Å². The van der Waals surface area contributed by atoms with Gasteiger partial charge >= 0.3 is 23.7 Å². The Morgan fingerprint density at radius 2 is 0.786 bits per heavy atom. The zero-order valence-electron chi connectivity index (χ0n) is 10.3. The molecule has 0 rings (SSSR count). The van der Waals surface area contributed by atoms with E-state index in [1.807, 2.05) is 0 Å². The van der Waals surface area contributed by atoms with Crippen LogP contribution in [-0.4, -0.2) is 0 Å². The summed E-state index contributed by atoms with van der Waals surface area (Å²) in [5.74, 6) is 0. The van der Waals surface area contributed by atoms with Crippen LogP contribution in [-0.2, 0) is 23.7 Å². The molecular formula is C12H27OTi-3. The van der Waals surface area contributed by atoms with E-state index in [0.29, 0.717) is 0 Å². The summed E-state index contributed by atoms with van der Waals surface area (Å²) in [5, 5.41) is 0. The summed E-state index contributed by atoms with van der Waals surface area (Å²) in [4.78, 5) is 0. The number of hydrogen-bond donors (Lipinski definition) is 0. The van der Waals surface area contributed by atoms with Crippen LogP contribution in [0.4, 0.5) is 0 Å². The molecule has 0 spiro atoms. The van der Waals surface area contributed by atoms with Gasteiger partial charge in [0.15, 0.2) is 0 Å². The van der Waals surface area contributed by atoms with E-state index >= 15 is 0 Å². The third-order valence-corrected chi connectivity index (χ3v) is 1.06. The first-order chi connectivity index (χ1) is 6.74. The van der Waals surface area contributed by atoms with Gasteiger partial charge in [-0.2, -0.15) is 19.3 Å². The van der Waals surface area contributed by atoms with E-state index in [-0.39, 0.29) is 0 Å². The van der Waals surface area contributed by atoms with Crippen molar-refractivity contribution in [1.82, 2.24) is 0 Å². The van der Waals surface area contributed by atoms with Crippen molar-refractivity contribution in [3.8, 4) is 0 Å². The van der Waals surface area contributed by atoms with Crippen LogP contribution in [0.3, 0.4) is 0 Å². The summed E-state index contributed by atoms with van der Waals surface area (Å²) in [6, 6.07) is 0. The monoisotopic (exact) mass is 235 g/mol. The molecule has 1 nitrogen and oxygen atoms in total. The molecule has 0 aromatic rings. The molecule has 0 aromatic carbocycles. The maximum absolute atomic E-state index is 8.25. The van der Waals surface area contributed by atoms with Gasteiger partial charge in [-0.25, -0.2) is 0 Å². The second kappa shape index (κ2) is 49.9. The van der Waals surface area contributed by atoms with Crippen LogP contribution in [0.2, 0.25) is 0 Å². The van der Waals surface area contributed by atoms with Gasteiger partial charge in [0.05, 0.1) is 0 Å². The van der Waals surface area contributed by atoms with Crippen LogP contribution < -0.4 is 0 Å². The molecule has 0 saturated heterocycles. The Kier molecular flexibility index (Phi) is 85.4. The fraction of sp³-hybridized carbons (Fsp3) is 0.750. The summed E-state index contributed by atoms with van der Waals surface area (Å²) in [6.45, 7) is 17.2. The molecule has 0 heterocycles. The van der Waals surface area contributed by atoms with Crippen molar-refractivity contribution in [2.24, 2.45) is 0 Å². The summed E-state index contributed by atoms with van der Waals surface area (Å²) >= 11 is 0.750. The first-order valence-corrected chi connectivity index (χ1v) is 5.96. The van der Waals surface area contributed by atoms with Gasteiger partial charge in [0.1, 0.15) is 0 Å².